The maximum absolute atomic E-state index is 13.2. The molecule has 0 spiro atoms. The van der Waals surface area contributed by atoms with E-state index in [4.69, 9.17) is 0 Å². The van der Waals surface area contributed by atoms with Gasteiger partial charge in [0.2, 0.25) is 0 Å². The first kappa shape index (κ1) is 19.1. The second kappa shape index (κ2) is 8.39. The minimum atomic E-state index is -0.328. The summed E-state index contributed by atoms with van der Waals surface area (Å²) in [5.74, 6) is 0.336. The van der Waals surface area contributed by atoms with Gasteiger partial charge in [0.05, 0.1) is 5.69 Å². The number of hydrogen-bond donors (Lipinski definition) is 2. The molecule has 1 heterocycles. The second-order valence-corrected chi connectivity index (χ2v) is 7.37. The van der Waals surface area contributed by atoms with Crippen molar-refractivity contribution >= 4 is 5.91 Å². The number of aryl methyl sites for hydroxylation is 1. The lowest BCUT2D eigenvalue weighted by Gasteiger charge is -2.14. The summed E-state index contributed by atoms with van der Waals surface area (Å²) in [5.41, 5.74) is 2.70. The maximum atomic E-state index is 13.2. The molecule has 1 aromatic heterocycles. The number of H-pyrrole nitrogens is 1. The van der Waals surface area contributed by atoms with Gasteiger partial charge in [0.25, 0.3) is 11.5 Å². The Morgan fingerprint density at radius 2 is 1.79 bits per heavy atom. The Labute approximate surface area is 168 Å². The molecule has 148 valence electrons. The summed E-state index contributed by atoms with van der Waals surface area (Å²) in [7, 11) is 0. The number of benzene rings is 2. The SMILES string of the molecule is O=C(NCC1CCc2nc(-c3ccc(F)cc3)[nH]c(=O)c2CC1)c1ccccc1. The van der Waals surface area contributed by atoms with Gasteiger partial charge in [-0.15, -0.1) is 0 Å². The summed E-state index contributed by atoms with van der Waals surface area (Å²) in [4.78, 5) is 32.3. The highest BCUT2D eigenvalue weighted by Gasteiger charge is 2.21. The van der Waals surface area contributed by atoms with E-state index in [1.165, 1.54) is 12.1 Å². The van der Waals surface area contributed by atoms with Gasteiger partial charge in [-0.3, -0.25) is 9.59 Å². The number of fused-ring (bicyclic) bond motifs is 1. The summed E-state index contributed by atoms with van der Waals surface area (Å²) in [6.45, 7) is 0.574. The van der Waals surface area contributed by atoms with E-state index in [2.05, 4.69) is 15.3 Å². The van der Waals surface area contributed by atoms with Crippen molar-refractivity contribution in [3.05, 3.63) is 87.6 Å². The Morgan fingerprint density at radius 3 is 2.55 bits per heavy atom. The fraction of sp³-hybridized carbons (Fsp3) is 0.261. The summed E-state index contributed by atoms with van der Waals surface area (Å²) >= 11 is 0. The third-order valence-corrected chi connectivity index (χ3v) is 5.40. The Hall–Kier alpha value is -3.28. The van der Waals surface area contributed by atoms with Crippen molar-refractivity contribution in [2.75, 3.05) is 6.54 Å². The smallest absolute Gasteiger partial charge is 0.254 e. The molecule has 0 radical (unpaired) electrons. The van der Waals surface area contributed by atoms with Crippen molar-refractivity contribution in [2.45, 2.75) is 25.7 Å². The lowest BCUT2D eigenvalue weighted by atomic mass is 9.99. The number of aromatic nitrogens is 2. The molecule has 1 aliphatic rings. The van der Waals surface area contributed by atoms with Crippen molar-refractivity contribution in [3.8, 4) is 11.4 Å². The molecule has 1 atom stereocenters. The van der Waals surface area contributed by atoms with E-state index in [9.17, 15) is 14.0 Å². The second-order valence-electron chi connectivity index (χ2n) is 7.37. The van der Waals surface area contributed by atoms with Crippen LogP contribution < -0.4 is 10.9 Å². The molecule has 6 heteroatoms. The lowest BCUT2D eigenvalue weighted by molar-refractivity contribution is 0.0946. The molecule has 0 aliphatic heterocycles. The number of carbonyl (C=O) groups excluding carboxylic acids is 1. The zero-order chi connectivity index (χ0) is 20.2. The van der Waals surface area contributed by atoms with Crippen LogP contribution in [0.1, 0.15) is 34.5 Å². The minimum absolute atomic E-state index is 0.0815. The van der Waals surface area contributed by atoms with E-state index >= 15 is 0 Å². The Balaban J connectivity index is 1.45. The molecule has 0 fully saturated rings. The minimum Gasteiger partial charge on any atom is -0.352 e. The number of amides is 1. The van der Waals surface area contributed by atoms with Gasteiger partial charge in [-0.2, -0.15) is 0 Å². The molecular formula is C23H22FN3O2. The van der Waals surface area contributed by atoms with Crippen LogP contribution in [0.4, 0.5) is 4.39 Å². The fourth-order valence-corrected chi connectivity index (χ4v) is 3.72. The third-order valence-electron chi connectivity index (χ3n) is 5.40. The Morgan fingerprint density at radius 1 is 1.07 bits per heavy atom. The molecule has 1 unspecified atom stereocenters. The lowest BCUT2D eigenvalue weighted by Crippen LogP contribution is -2.29. The average Bonchev–Trinajstić information content (AvgIpc) is 2.96. The topological polar surface area (TPSA) is 74.8 Å². The molecule has 2 N–H and O–H groups in total. The number of hydrogen-bond acceptors (Lipinski definition) is 3. The summed E-state index contributed by atoms with van der Waals surface area (Å²) in [5, 5.41) is 3.00. The Kier molecular flexibility index (Phi) is 5.51. The highest BCUT2D eigenvalue weighted by atomic mass is 19.1. The van der Waals surface area contributed by atoms with E-state index in [1.54, 1.807) is 24.3 Å². The van der Waals surface area contributed by atoms with Crippen molar-refractivity contribution in [2.24, 2.45) is 5.92 Å². The van der Waals surface area contributed by atoms with Gasteiger partial charge in [0, 0.05) is 23.2 Å². The first-order valence-electron chi connectivity index (χ1n) is 9.81. The molecule has 0 bridgehead atoms. The summed E-state index contributed by atoms with van der Waals surface area (Å²) in [6, 6.07) is 15.1. The standard InChI is InChI=1S/C23H22FN3O2/c24-18-10-8-16(9-11-18)21-26-20-13-7-15(6-12-19(20)23(29)27-21)14-25-22(28)17-4-2-1-3-5-17/h1-5,8-11,15H,6-7,12-14H2,(H,25,28)(H,26,27,29). The van der Waals surface area contributed by atoms with Crippen molar-refractivity contribution in [3.63, 3.8) is 0 Å². The predicted molar refractivity (Wildman–Crippen MR) is 109 cm³/mol. The molecule has 0 saturated heterocycles. The van der Waals surface area contributed by atoms with Gasteiger partial charge >= 0.3 is 0 Å². The number of aromatic amines is 1. The van der Waals surface area contributed by atoms with Crippen LogP contribution in [-0.4, -0.2) is 22.4 Å². The van der Waals surface area contributed by atoms with Crippen LogP contribution in [-0.2, 0) is 12.8 Å². The van der Waals surface area contributed by atoms with E-state index < -0.39 is 0 Å². The summed E-state index contributed by atoms with van der Waals surface area (Å²) < 4.78 is 13.2. The van der Waals surface area contributed by atoms with E-state index in [0.717, 1.165) is 18.5 Å². The van der Waals surface area contributed by atoms with Crippen molar-refractivity contribution < 1.29 is 9.18 Å². The van der Waals surface area contributed by atoms with E-state index in [0.29, 0.717) is 41.9 Å². The average molecular weight is 391 g/mol. The van der Waals surface area contributed by atoms with Crippen molar-refractivity contribution in [1.29, 1.82) is 0 Å². The van der Waals surface area contributed by atoms with Crippen LogP contribution in [0.15, 0.2) is 59.4 Å². The Bertz CT molecular complexity index is 1060. The fourth-order valence-electron chi connectivity index (χ4n) is 3.72. The van der Waals surface area contributed by atoms with Gasteiger partial charge in [0.15, 0.2) is 0 Å². The maximum Gasteiger partial charge on any atom is 0.254 e. The van der Waals surface area contributed by atoms with Crippen LogP contribution >= 0.6 is 0 Å². The first-order chi connectivity index (χ1) is 14.1. The van der Waals surface area contributed by atoms with Crippen LogP contribution in [0, 0.1) is 11.7 Å². The molecule has 5 nitrogen and oxygen atoms in total. The number of nitrogens with zero attached hydrogens (tertiary/aromatic N) is 1. The van der Waals surface area contributed by atoms with Crippen LogP contribution in [0.25, 0.3) is 11.4 Å². The highest BCUT2D eigenvalue weighted by molar-refractivity contribution is 5.94. The van der Waals surface area contributed by atoms with Crippen molar-refractivity contribution in [1.82, 2.24) is 15.3 Å². The van der Waals surface area contributed by atoms with Gasteiger partial charge in [-0.05, 0) is 68.0 Å². The van der Waals surface area contributed by atoms with Gasteiger partial charge < -0.3 is 10.3 Å². The van der Waals surface area contributed by atoms with Gasteiger partial charge in [-0.25, -0.2) is 9.37 Å². The van der Waals surface area contributed by atoms with Gasteiger partial charge in [-0.1, -0.05) is 18.2 Å². The molecule has 1 amide bonds. The molecule has 29 heavy (non-hydrogen) atoms. The van der Waals surface area contributed by atoms with Crippen LogP contribution in [0.2, 0.25) is 0 Å². The van der Waals surface area contributed by atoms with Crippen LogP contribution in [0.5, 0.6) is 0 Å². The third kappa shape index (κ3) is 4.42. The number of rotatable bonds is 4. The first-order valence-corrected chi connectivity index (χ1v) is 9.81. The molecule has 1 aliphatic carbocycles. The number of carbonyl (C=O) groups is 1. The molecular weight excluding hydrogens is 369 g/mol. The van der Waals surface area contributed by atoms with E-state index in [-0.39, 0.29) is 23.2 Å². The molecule has 0 saturated carbocycles. The monoisotopic (exact) mass is 391 g/mol. The largest absolute Gasteiger partial charge is 0.352 e. The quantitative estimate of drug-likeness (QED) is 0.669. The molecule has 3 aromatic rings. The molecule has 2 aromatic carbocycles. The normalized spacial score (nSPS) is 16.0. The predicted octanol–water partition coefficient (Wildman–Crippen LogP) is 3.50. The number of nitrogens with one attached hydrogen (secondary N) is 2. The zero-order valence-electron chi connectivity index (χ0n) is 16.0. The van der Waals surface area contributed by atoms with E-state index in [1.807, 2.05) is 18.2 Å². The van der Waals surface area contributed by atoms with Gasteiger partial charge in [0.1, 0.15) is 11.6 Å². The van der Waals surface area contributed by atoms with Crippen LogP contribution in [0.3, 0.4) is 0 Å². The number of halogens is 1. The summed E-state index contributed by atoms with van der Waals surface area (Å²) in [6.07, 6.45) is 2.98. The molecule has 4 rings (SSSR count). The zero-order valence-corrected chi connectivity index (χ0v) is 16.0. The highest BCUT2D eigenvalue weighted by Crippen LogP contribution is 2.23.